The maximum absolute atomic E-state index is 13.8. The van der Waals surface area contributed by atoms with Crippen molar-refractivity contribution in [3.8, 4) is 0 Å². The van der Waals surface area contributed by atoms with Gasteiger partial charge in [0.1, 0.15) is 0 Å². The molecule has 8 heteroatoms. The number of benzene rings is 1. The van der Waals surface area contributed by atoms with Crippen molar-refractivity contribution in [3.05, 3.63) is 35.4 Å². The van der Waals surface area contributed by atoms with Gasteiger partial charge in [-0.3, -0.25) is 0 Å². The summed E-state index contributed by atoms with van der Waals surface area (Å²) in [6.07, 6.45) is 6.98. The highest BCUT2D eigenvalue weighted by Gasteiger charge is 2.66. The van der Waals surface area contributed by atoms with Crippen LogP contribution in [0.1, 0.15) is 76.8 Å². The molecule has 0 radical (unpaired) electrons. The molecule has 5 rings (SSSR count). The first kappa shape index (κ1) is 24.7. The lowest BCUT2D eigenvalue weighted by molar-refractivity contribution is 0.130. The van der Waals surface area contributed by atoms with Crippen molar-refractivity contribution in [2.24, 2.45) is 16.7 Å². The van der Waals surface area contributed by atoms with Gasteiger partial charge in [-0.2, -0.15) is 0 Å². The number of fused-ring (bicyclic) bond motifs is 4. The Morgan fingerprint density at radius 3 is 2.41 bits per heavy atom. The Bertz CT molecular complexity index is 1150. The number of nitrogens with zero attached hydrogens (tertiary/aromatic N) is 1. The van der Waals surface area contributed by atoms with E-state index in [1.165, 1.54) is 11.1 Å². The molecule has 3 atom stereocenters. The van der Waals surface area contributed by atoms with Gasteiger partial charge in [0.25, 0.3) is 0 Å². The van der Waals surface area contributed by atoms with Crippen LogP contribution >= 0.6 is 0 Å². The molecule has 4 aliphatic rings. The average molecular weight is 509 g/mol. The van der Waals surface area contributed by atoms with Gasteiger partial charge in [0.15, 0.2) is 0 Å². The second kappa shape index (κ2) is 8.29. The Balaban J connectivity index is 1.35. The summed E-state index contributed by atoms with van der Waals surface area (Å²) in [4.78, 5) is 0. The van der Waals surface area contributed by atoms with Crippen molar-refractivity contribution in [1.82, 2.24) is 9.03 Å². The first-order valence-corrected chi connectivity index (χ1v) is 16.3. The molecule has 1 spiro atoms. The number of aryl methyl sites for hydroxylation is 1. The summed E-state index contributed by atoms with van der Waals surface area (Å²) in [7, 11) is -6.92. The van der Waals surface area contributed by atoms with Crippen LogP contribution in [0.2, 0.25) is 0 Å². The van der Waals surface area contributed by atoms with Gasteiger partial charge in [-0.05, 0) is 79.2 Å². The monoisotopic (exact) mass is 508 g/mol. The quantitative estimate of drug-likeness (QED) is 0.607. The lowest BCUT2D eigenvalue weighted by Crippen LogP contribution is -2.55. The summed E-state index contributed by atoms with van der Waals surface area (Å²) in [6, 6.07) is 8.35. The van der Waals surface area contributed by atoms with Crippen LogP contribution in [0.25, 0.3) is 0 Å². The third kappa shape index (κ3) is 3.78. The van der Waals surface area contributed by atoms with Gasteiger partial charge >= 0.3 is 0 Å². The highest BCUT2D eigenvalue weighted by Crippen LogP contribution is 2.66. The van der Waals surface area contributed by atoms with E-state index in [0.717, 1.165) is 44.9 Å². The van der Waals surface area contributed by atoms with Gasteiger partial charge in [-0.25, -0.2) is 25.9 Å². The molecule has 0 unspecified atom stereocenters. The van der Waals surface area contributed by atoms with Crippen LogP contribution in [-0.2, 0) is 31.9 Å². The fraction of sp³-hybridized carbons (Fsp3) is 0.769. The summed E-state index contributed by atoms with van der Waals surface area (Å²) in [5, 5.41) is 0. The third-order valence-corrected chi connectivity index (χ3v) is 13.8. The van der Waals surface area contributed by atoms with Gasteiger partial charge in [-0.1, -0.05) is 45.0 Å². The van der Waals surface area contributed by atoms with Crippen molar-refractivity contribution in [3.63, 3.8) is 0 Å². The Labute approximate surface area is 206 Å². The normalized spacial score (nSPS) is 32.3. The van der Waals surface area contributed by atoms with Gasteiger partial charge < -0.3 is 0 Å². The minimum atomic E-state index is -3.51. The number of hydrogen-bond acceptors (Lipinski definition) is 4. The maximum Gasteiger partial charge on any atom is 0.214 e. The van der Waals surface area contributed by atoms with Crippen molar-refractivity contribution in [2.75, 3.05) is 24.6 Å². The summed E-state index contributed by atoms with van der Waals surface area (Å²) >= 11 is 0. The van der Waals surface area contributed by atoms with Crippen LogP contribution in [0.15, 0.2) is 24.3 Å². The standard InChI is InChI=1S/C26H40N2O4S2/c1-4-17-33(29,30)27-23-18-21-10-12-26(23,24(21,2)3)19-34(31,32)28-15-13-25(14-16-28)11-9-20-7-5-6-8-22(20)25/h5-8,21,23,27H,4,9-19H2,1-3H3/t21-,23+,26-/m1/s1. The zero-order chi connectivity index (χ0) is 24.4. The van der Waals surface area contributed by atoms with E-state index < -0.39 is 25.5 Å². The lowest BCUT2D eigenvalue weighted by Gasteiger charge is -2.45. The van der Waals surface area contributed by atoms with E-state index in [0.29, 0.717) is 25.4 Å². The molecule has 34 heavy (non-hydrogen) atoms. The fourth-order valence-electron chi connectivity index (χ4n) is 8.02. The number of nitrogens with one attached hydrogen (secondary N) is 1. The molecule has 2 bridgehead atoms. The van der Waals surface area contributed by atoms with E-state index >= 15 is 0 Å². The molecule has 6 nitrogen and oxygen atoms in total. The van der Waals surface area contributed by atoms with Crippen LogP contribution in [-0.4, -0.2) is 51.8 Å². The predicted molar refractivity (Wildman–Crippen MR) is 136 cm³/mol. The van der Waals surface area contributed by atoms with E-state index in [-0.39, 0.29) is 28.4 Å². The predicted octanol–water partition coefficient (Wildman–Crippen LogP) is 3.82. The molecule has 1 saturated heterocycles. The van der Waals surface area contributed by atoms with E-state index in [1.54, 1.807) is 4.31 Å². The smallest absolute Gasteiger partial charge is 0.212 e. The summed E-state index contributed by atoms with van der Waals surface area (Å²) in [5.41, 5.74) is 2.20. The van der Waals surface area contributed by atoms with E-state index in [4.69, 9.17) is 0 Å². The maximum atomic E-state index is 13.8. The Morgan fingerprint density at radius 2 is 1.74 bits per heavy atom. The summed E-state index contributed by atoms with van der Waals surface area (Å²) in [6.45, 7) is 7.30. The van der Waals surface area contributed by atoms with E-state index in [9.17, 15) is 16.8 Å². The van der Waals surface area contributed by atoms with Crippen molar-refractivity contribution in [1.29, 1.82) is 0 Å². The topological polar surface area (TPSA) is 83.5 Å². The first-order valence-electron chi connectivity index (χ1n) is 13.0. The SMILES string of the molecule is CCCS(=O)(=O)N[C@H]1C[C@H]2CC[C@]1(CS(=O)(=O)N1CCC3(CCc4ccccc43)CC1)C2(C)C. The molecule has 0 aromatic heterocycles. The number of sulfonamides is 2. The van der Waals surface area contributed by atoms with Crippen molar-refractivity contribution < 1.29 is 16.8 Å². The van der Waals surface area contributed by atoms with Crippen LogP contribution in [0.4, 0.5) is 0 Å². The molecule has 1 aromatic carbocycles. The molecular weight excluding hydrogens is 468 g/mol. The fourth-order valence-corrected chi connectivity index (χ4v) is 11.7. The zero-order valence-electron chi connectivity index (χ0n) is 20.8. The molecular formula is C26H40N2O4S2. The summed E-state index contributed by atoms with van der Waals surface area (Å²) in [5.74, 6) is 0.496. The molecule has 1 heterocycles. The largest absolute Gasteiger partial charge is 0.214 e. The summed E-state index contributed by atoms with van der Waals surface area (Å²) < 4.78 is 57.7. The lowest BCUT2D eigenvalue weighted by atomic mass is 9.69. The second-order valence-corrected chi connectivity index (χ2v) is 15.8. The molecule has 0 amide bonds. The Morgan fingerprint density at radius 1 is 1.03 bits per heavy atom. The average Bonchev–Trinajstić information content (AvgIpc) is 3.30. The van der Waals surface area contributed by atoms with Crippen molar-refractivity contribution >= 4 is 20.0 Å². The van der Waals surface area contributed by atoms with Crippen LogP contribution in [0.3, 0.4) is 0 Å². The molecule has 3 fully saturated rings. The van der Waals surface area contributed by atoms with Gasteiger partial charge in [0.2, 0.25) is 20.0 Å². The Hall–Kier alpha value is -0.960. The van der Waals surface area contributed by atoms with Crippen LogP contribution < -0.4 is 4.72 Å². The molecule has 190 valence electrons. The zero-order valence-corrected chi connectivity index (χ0v) is 22.5. The van der Waals surface area contributed by atoms with Gasteiger partial charge in [0, 0.05) is 24.5 Å². The minimum absolute atomic E-state index is 0.0480. The molecule has 3 aliphatic carbocycles. The van der Waals surface area contributed by atoms with E-state index in [1.807, 2.05) is 6.92 Å². The first-order chi connectivity index (χ1) is 15.9. The third-order valence-electron chi connectivity index (χ3n) is 10.2. The number of hydrogen-bond donors (Lipinski definition) is 1. The highest BCUT2D eigenvalue weighted by atomic mass is 32.2. The van der Waals surface area contributed by atoms with Gasteiger partial charge in [-0.15, -0.1) is 0 Å². The molecule has 1 N–H and O–H groups in total. The molecule has 2 saturated carbocycles. The van der Waals surface area contributed by atoms with Crippen molar-refractivity contribution in [2.45, 2.75) is 83.6 Å². The number of rotatable bonds is 7. The minimum Gasteiger partial charge on any atom is -0.212 e. The molecule has 1 aliphatic heterocycles. The second-order valence-electron chi connectivity index (χ2n) is 11.9. The van der Waals surface area contributed by atoms with Gasteiger partial charge in [0.05, 0.1) is 11.5 Å². The van der Waals surface area contributed by atoms with E-state index in [2.05, 4.69) is 42.8 Å². The molecule has 1 aromatic rings. The van der Waals surface area contributed by atoms with Crippen LogP contribution in [0, 0.1) is 16.7 Å². The number of piperidine rings is 1. The highest BCUT2D eigenvalue weighted by molar-refractivity contribution is 7.89. The Kier molecular flexibility index (Phi) is 6.02. The van der Waals surface area contributed by atoms with Crippen LogP contribution in [0.5, 0.6) is 0 Å².